The standard InChI is InChI=1S/C13H14Br2N2O3S/c1-2-16-8-11-7-12(13(15)20-11)21(18,19)17-10-5-3-9(14)4-6-10/h3-7,16-17H,2,8H2,1H3. The Hall–Kier alpha value is -0.830. The topological polar surface area (TPSA) is 71.3 Å². The van der Waals surface area contributed by atoms with Crippen molar-refractivity contribution in [3.63, 3.8) is 0 Å². The molecule has 2 rings (SSSR count). The molecule has 5 nitrogen and oxygen atoms in total. The molecule has 0 amide bonds. The minimum absolute atomic E-state index is 0.0818. The number of hydrogen-bond donors (Lipinski definition) is 2. The van der Waals surface area contributed by atoms with Crippen LogP contribution in [0.4, 0.5) is 5.69 Å². The van der Waals surface area contributed by atoms with Gasteiger partial charge in [-0.15, -0.1) is 0 Å². The molecular weight excluding hydrogens is 424 g/mol. The Morgan fingerprint density at radius 2 is 1.86 bits per heavy atom. The van der Waals surface area contributed by atoms with Gasteiger partial charge in [0.2, 0.25) is 0 Å². The van der Waals surface area contributed by atoms with E-state index in [2.05, 4.69) is 41.9 Å². The van der Waals surface area contributed by atoms with Crippen molar-refractivity contribution < 1.29 is 12.8 Å². The van der Waals surface area contributed by atoms with Crippen LogP contribution in [-0.4, -0.2) is 15.0 Å². The first-order valence-electron chi connectivity index (χ1n) is 6.19. The maximum absolute atomic E-state index is 12.4. The van der Waals surface area contributed by atoms with E-state index >= 15 is 0 Å². The van der Waals surface area contributed by atoms with E-state index in [4.69, 9.17) is 4.42 Å². The molecule has 0 bridgehead atoms. The second-order valence-electron chi connectivity index (χ2n) is 4.24. The largest absolute Gasteiger partial charge is 0.451 e. The Balaban J connectivity index is 2.22. The predicted octanol–water partition coefficient (Wildman–Crippen LogP) is 3.71. The van der Waals surface area contributed by atoms with Crippen LogP contribution in [-0.2, 0) is 16.6 Å². The quantitative estimate of drug-likeness (QED) is 0.722. The zero-order valence-electron chi connectivity index (χ0n) is 11.2. The monoisotopic (exact) mass is 436 g/mol. The third-order valence-corrected chi connectivity index (χ3v) is 5.41. The van der Waals surface area contributed by atoms with Gasteiger partial charge in [-0.25, -0.2) is 8.42 Å². The Labute approximate surface area is 140 Å². The maximum Gasteiger partial charge on any atom is 0.266 e. The first kappa shape index (κ1) is 16.5. The Morgan fingerprint density at radius 1 is 1.19 bits per heavy atom. The highest BCUT2D eigenvalue weighted by Gasteiger charge is 2.22. The maximum atomic E-state index is 12.4. The van der Waals surface area contributed by atoms with E-state index in [0.29, 0.717) is 18.0 Å². The summed E-state index contributed by atoms with van der Waals surface area (Å²) in [6, 6.07) is 8.38. The smallest absolute Gasteiger partial charge is 0.266 e. The third-order valence-electron chi connectivity index (χ3n) is 2.64. The minimum atomic E-state index is -3.69. The molecular formula is C13H14Br2N2O3S. The zero-order chi connectivity index (χ0) is 15.5. The lowest BCUT2D eigenvalue weighted by atomic mass is 10.3. The van der Waals surface area contributed by atoms with Gasteiger partial charge in [0.15, 0.2) is 4.67 Å². The molecule has 2 aromatic rings. The van der Waals surface area contributed by atoms with Gasteiger partial charge in [0, 0.05) is 16.2 Å². The van der Waals surface area contributed by atoms with Crippen molar-refractivity contribution in [2.45, 2.75) is 18.4 Å². The van der Waals surface area contributed by atoms with Crippen molar-refractivity contribution in [3.8, 4) is 0 Å². The fraction of sp³-hybridized carbons (Fsp3) is 0.231. The van der Waals surface area contributed by atoms with Crippen LogP contribution < -0.4 is 10.0 Å². The summed E-state index contributed by atoms with van der Waals surface area (Å²) in [5.74, 6) is 0.555. The van der Waals surface area contributed by atoms with Crippen molar-refractivity contribution in [1.82, 2.24) is 5.32 Å². The van der Waals surface area contributed by atoms with Gasteiger partial charge in [-0.05, 0) is 46.7 Å². The zero-order valence-corrected chi connectivity index (χ0v) is 15.2. The van der Waals surface area contributed by atoms with E-state index in [9.17, 15) is 8.42 Å². The molecule has 2 N–H and O–H groups in total. The molecule has 0 fully saturated rings. The summed E-state index contributed by atoms with van der Waals surface area (Å²) < 4.78 is 33.7. The van der Waals surface area contributed by atoms with Crippen molar-refractivity contribution in [2.24, 2.45) is 0 Å². The molecule has 21 heavy (non-hydrogen) atoms. The molecule has 1 heterocycles. The van der Waals surface area contributed by atoms with E-state index < -0.39 is 10.0 Å². The molecule has 8 heteroatoms. The molecule has 0 aliphatic heterocycles. The van der Waals surface area contributed by atoms with E-state index in [1.165, 1.54) is 6.07 Å². The Morgan fingerprint density at radius 3 is 2.48 bits per heavy atom. The number of anilines is 1. The average Bonchev–Trinajstić information content (AvgIpc) is 2.81. The van der Waals surface area contributed by atoms with Gasteiger partial charge < -0.3 is 9.73 Å². The van der Waals surface area contributed by atoms with E-state index in [-0.39, 0.29) is 9.56 Å². The number of nitrogens with one attached hydrogen (secondary N) is 2. The summed E-state index contributed by atoms with van der Waals surface area (Å²) in [6.45, 7) is 3.21. The van der Waals surface area contributed by atoms with Gasteiger partial charge in [0.05, 0.1) is 6.54 Å². The van der Waals surface area contributed by atoms with Gasteiger partial charge in [0.25, 0.3) is 10.0 Å². The molecule has 0 radical (unpaired) electrons. The van der Waals surface area contributed by atoms with Crippen LogP contribution in [0.25, 0.3) is 0 Å². The SMILES string of the molecule is CCNCc1cc(S(=O)(=O)Nc2ccc(Br)cc2)c(Br)o1. The van der Waals surface area contributed by atoms with Crippen molar-refractivity contribution in [3.05, 3.63) is 45.2 Å². The van der Waals surface area contributed by atoms with Gasteiger partial charge in [-0.2, -0.15) is 0 Å². The lowest BCUT2D eigenvalue weighted by molar-refractivity contribution is 0.464. The molecule has 0 aliphatic rings. The van der Waals surface area contributed by atoms with Gasteiger partial charge in [-0.1, -0.05) is 22.9 Å². The van der Waals surface area contributed by atoms with Gasteiger partial charge >= 0.3 is 0 Å². The third kappa shape index (κ3) is 4.32. The van der Waals surface area contributed by atoms with E-state index in [0.717, 1.165) is 11.0 Å². The Kier molecular flexibility index (Phi) is 5.48. The van der Waals surface area contributed by atoms with Gasteiger partial charge in [0.1, 0.15) is 10.7 Å². The molecule has 0 aliphatic carbocycles. The highest BCUT2D eigenvalue weighted by molar-refractivity contribution is 9.10. The summed E-state index contributed by atoms with van der Waals surface area (Å²) in [5, 5.41) is 3.08. The van der Waals surface area contributed by atoms with Crippen LogP contribution in [0.15, 0.2) is 48.8 Å². The summed E-state index contributed by atoms with van der Waals surface area (Å²) in [4.78, 5) is 0.0818. The van der Waals surface area contributed by atoms with Crippen LogP contribution in [0.1, 0.15) is 12.7 Å². The van der Waals surface area contributed by atoms with Crippen LogP contribution >= 0.6 is 31.9 Å². The van der Waals surface area contributed by atoms with Gasteiger partial charge in [-0.3, -0.25) is 4.72 Å². The fourth-order valence-corrected chi connectivity index (χ4v) is 3.97. The molecule has 0 unspecified atom stereocenters. The predicted molar refractivity (Wildman–Crippen MR) is 88.7 cm³/mol. The molecule has 0 saturated heterocycles. The summed E-state index contributed by atoms with van der Waals surface area (Å²) in [7, 11) is -3.69. The van der Waals surface area contributed by atoms with Crippen molar-refractivity contribution >= 4 is 47.6 Å². The summed E-state index contributed by atoms with van der Waals surface area (Å²) in [6.07, 6.45) is 0. The summed E-state index contributed by atoms with van der Waals surface area (Å²) in [5.41, 5.74) is 0.486. The number of halogens is 2. The average molecular weight is 438 g/mol. The van der Waals surface area contributed by atoms with Crippen molar-refractivity contribution in [2.75, 3.05) is 11.3 Å². The lowest BCUT2D eigenvalue weighted by Crippen LogP contribution is -2.13. The highest BCUT2D eigenvalue weighted by atomic mass is 79.9. The lowest BCUT2D eigenvalue weighted by Gasteiger charge is -2.06. The first-order valence-corrected chi connectivity index (χ1v) is 9.26. The number of sulfonamides is 1. The Bertz CT molecular complexity index is 712. The molecule has 1 aromatic heterocycles. The first-order chi connectivity index (χ1) is 9.92. The van der Waals surface area contributed by atoms with Crippen LogP contribution in [0.3, 0.4) is 0 Å². The number of hydrogen-bond acceptors (Lipinski definition) is 4. The molecule has 0 saturated carbocycles. The minimum Gasteiger partial charge on any atom is -0.451 e. The number of rotatable bonds is 6. The molecule has 114 valence electrons. The van der Waals surface area contributed by atoms with Crippen molar-refractivity contribution in [1.29, 1.82) is 0 Å². The molecule has 0 atom stereocenters. The second-order valence-corrected chi connectivity index (χ2v) is 7.53. The van der Waals surface area contributed by atoms with Crippen LogP contribution in [0, 0.1) is 0 Å². The van der Waals surface area contributed by atoms with Crippen LogP contribution in [0.5, 0.6) is 0 Å². The second kappa shape index (κ2) is 6.95. The van der Waals surface area contributed by atoms with Crippen LogP contribution in [0.2, 0.25) is 0 Å². The molecule has 1 aromatic carbocycles. The number of benzene rings is 1. The normalized spacial score (nSPS) is 11.6. The summed E-state index contributed by atoms with van der Waals surface area (Å²) >= 11 is 6.45. The number of furan rings is 1. The highest BCUT2D eigenvalue weighted by Crippen LogP contribution is 2.28. The fourth-order valence-electron chi connectivity index (χ4n) is 1.64. The van der Waals surface area contributed by atoms with E-state index in [1.54, 1.807) is 24.3 Å². The molecule has 0 spiro atoms. The van der Waals surface area contributed by atoms with E-state index in [1.807, 2.05) is 6.92 Å².